The fourth-order valence-corrected chi connectivity index (χ4v) is 4.14. The molecule has 98 valence electrons. The second-order valence-corrected chi connectivity index (χ2v) is 6.62. The molecule has 1 saturated heterocycles. The van der Waals surface area contributed by atoms with E-state index in [1.54, 1.807) is 0 Å². The van der Waals surface area contributed by atoms with E-state index >= 15 is 0 Å². The molecule has 1 N–H and O–H groups in total. The van der Waals surface area contributed by atoms with E-state index in [0.717, 1.165) is 30.6 Å². The standard InChI is InChI=1S/C15H27NO/c1-2-7-15(6-1)8-3-14(4-9-15)16-11-13-5-10-17-12-13/h13-14,16H,1-12H2. The third kappa shape index (κ3) is 2.85. The normalized spacial score (nSPS) is 33.5. The quantitative estimate of drug-likeness (QED) is 0.814. The highest BCUT2D eigenvalue weighted by Gasteiger charge is 2.37. The van der Waals surface area contributed by atoms with Gasteiger partial charge in [-0.05, 0) is 56.3 Å². The van der Waals surface area contributed by atoms with Crippen LogP contribution < -0.4 is 5.32 Å². The molecule has 0 bridgehead atoms. The summed E-state index contributed by atoms with van der Waals surface area (Å²) in [7, 11) is 0. The zero-order valence-electron chi connectivity index (χ0n) is 11.0. The van der Waals surface area contributed by atoms with Crippen molar-refractivity contribution in [2.45, 2.75) is 63.8 Å². The van der Waals surface area contributed by atoms with Crippen LogP contribution in [0.15, 0.2) is 0 Å². The summed E-state index contributed by atoms with van der Waals surface area (Å²) < 4.78 is 5.43. The van der Waals surface area contributed by atoms with Crippen LogP contribution in [0.2, 0.25) is 0 Å². The average Bonchev–Trinajstić information content (AvgIpc) is 3.01. The lowest BCUT2D eigenvalue weighted by Crippen LogP contribution is -2.39. The Kier molecular flexibility index (Phi) is 3.72. The van der Waals surface area contributed by atoms with Gasteiger partial charge >= 0.3 is 0 Å². The molecule has 1 atom stereocenters. The molecule has 3 fully saturated rings. The summed E-state index contributed by atoms with van der Waals surface area (Å²) in [6, 6.07) is 0.807. The second-order valence-electron chi connectivity index (χ2n) is 6.62. The Morgan fingerprint density at radius 3 is 2.41 bits per heavy atom. The molecule has 0 amide bonds. The number of hydrogen-bond donors (Lipinski definition) is 1. The molecule has 2 aliphatic carbocycles. The fraction of sp³-hybridized carbons (Fsp3) is 1.00. The largest absolute Gasteiger partial charge is 0.381 e. The van der Waals surface area contributed by atoms with E-state index in [-0.39, 0.29) is 0 Å². The molecule has 0 aromatic heterocycles. The molecule has 2 heteroatoms. The highest BCUT2D eigenvalue weighted by atomic mass is 16.5. The van der Waals surface area contributed by atoms with Gasteiger partial charge in [0.25, 0.3) is 0 Å². The van der Waals surface area contributed by atoms with Crippen molar-refractivity contribution in [3.8, 4) is 0 Å². The maximum absolute atomic E-state index is 5.43. The van der Waals surface area contributed by atoms with Gasteiger partial charge in [-0.25, -0.2) is 0 Å². The van der Waals surface area contributed by atoms with E-state index in [0.29, 0.717) is 0 Å². The Labute approximate surface area is 105 Å². The van der Waals surface area contributed by atoms with Crippen molar-refractivity contribution in [3.05, 3.63) is 0 Å². The average molecular weight is 237 g/mol. The summed E-state index contributed by atoms with van der Waals surface area (Å²) in [5, 5.41) is 3.79. The summed E-state index contributed by atoms with van der Waals surface area (Å²) in [6.07, 6.45) is 13.1. The first-order valence-corrected chi connectivity index (χ1v) is 7.68. The molecule has 1 spiro atoms. The van der Waals surface area contributed by atoms with Crippen molar-refractivity contribution >= 4 is 0 Å². The van der Waals surface area contributed by atoms with Crippen molar-refractivity contribution in [2.24, 2.45) is 11.3 Å². The monoisotopic (exact) mass is 237 g/mol. The molecular formula is C15H27NO. The molecular weight excluding hydrogens is 210 g/mol. The zero-order valence-corrected chi connectivity index (χ0v) is 11.0. The van der Waals surface area contributed by atoms with E-state index in [1.165, 1.54) is 64.3 Å². The minimum absolute atomic E-state index is 0.786. The number of ether oxygens (including phenoxy) is 1. The second kappa shape index (κ2) is 5.27. The van der Waals surface area contributed by atoms with Crippen LogP contribution in [0.1, 0.15) is 57.8 Å². The molecule has 1 heterocycles. The van der Waals surface area contributed by atoms with Crippen molar-refractivity contribution in [1.82, 2.24) is 5.32 Å². The van der Waals surface area contributed by atoms with Crippen LogP contribution >= 0.6 is 0 Å². The van der Waals surface area contributed by atoms with Gasteiger partial charge in [0.05, 0.1) is 6.61 Å². The molecule has 3 aliphatic rings. The van der Waals surface area contributed by atoms with Crippen molar-refractivity contribution in [3.63, 3.8) is 0 Å². The highest BCUT2D eigenvalue weighted by molar-refractivity contribution is 4.91. The van der Waals surface area contributed by atoms with Crippen LogP contribution in [0.3, 0.4) is 0 Å². The first-order chi connectivity index (χ1) is 8.36. The van der Waals surface area contributed by atoms with Crippen LogP contribution in [0.5, 0.6) is 0 Å². The van der Waals surface area contributed by atoms with E-state index in [9.17, 15) is 0 Å². The predicted molar refractivity (Wildman–Crippen MR) is 70.1 cm³/mol. The molecule has 0 aromatic carbocycles. The number of hydrogen-bond acceptors (Lipinski definition) is 2. The molecule has 2 saturated carbocycles. The minimum atomic E-state index is 0.786. The molecule has 0 radical (unpaired) electrons. The summed E-state index contributed by atoms with van der Waals surface area (Å²) >= 11 is 0. The van der Waals surface area contributed by atoms with Gasteiger partial charge in [-0.1, -0.05) is 12.8 Å². The van der Waals surface area contributed by atoms with Gasteiger partial charge in [-0.2, -0.15) is 0 Å². The Morgan fingerprint density at radius 2 is 1.76 bits per heavy atom. The Bertz CT molecular complexity index is 229. The molecule has 1 unspecified atom stereocenters. The lowest BCUT2D eigenvalue weighted by atomic mass is 9.71. The molecule has 17 heavy (non-hydrogen) atoms. The zero-order chi connectivity index (χ0) is 11.6. The summed E-state index contributed by atoms with van der Waals surface area (Å²) in [4.78, 5) is 0. The summed E-state index contributed by atoms with van der Waals surface area (Å²) in [5.74, 6) is 0.789. The summed E-state index contributed by atoms with van der Waals surface area (Å²) in [6.45, 7) is 3.17. The number of nitrogens with one attached hydrogen (secondary N) is 1. The lowest BCUT2D eigenvalue weighted by Gasteiger charge is -2.38. The fourth-order valence-electron chi connectivity index (χ4n) is 4.14. The van der Waals surface area contributed by atoms with Gasteiger partial charge in [0.15, 0.2) is 0 Å². The Hall–Kier alpha value is -0.0800. The minimum Gasteiger partial charge on any atom is -0.381 e. The molecule has 3 rings (SSSR count). The Balaban J connectivity index is 1.39. The van der Waals surface area contributed by atoms with Crippen molar-refractivity contribution in [1.29, 1.82) is 0 Å². The van der Waals surface area contributed by atoms with Gasteiger partial charge in [0, 0.05) is 19.2 Å². The first kappa shape index (κ1) is 12.0. The van der Waals surface area contributed by atoms with Gasteiger partial charge in [-0.3, -0.25) is 0 Å². The van der Waals surface area contributed by atoms with E-state index in [4.69, 9.17) is 4.74 Å². The van der Waals surface area contributed by atoms with Crippen LogP contribution in [0, 0.1) is 11.3 Å². The molecule has 2 nitrogen and oxygen atoms in total. The Morgan fingerprint density at radius 1 is 1.00 bits per heavy atom. The van der Waals surface area contributed by atoms with E-state index in [1.807, 2.05) is 0 Å². The predicted octanol–water partition coefficient (Wildman–Crippen LogP) is 3.12. The van der Waals surface area contributed by atoms with Crippen LogP contribution in [-0.4, -0.2) is 25.8 Å². The van der Waals surface area contributed by atoms with Gasteiger partial charge in [0.2, 0.25) is 0 Å². The first-order valence-electron chi connectivity index (χ1n) is 7.68. The topological polar surface area (TPSA) is 21.3 Å². The third-order valence-electron chi connectivity index (χ3n) is 5.43. The van der Waals surface area contributed by atoms with Gasteiger partial charge < -0.3 is 10.1 Å². The maximum atomic E-state index is 5.43. The summed E-state index contributed by atoms with van der Waals surface area (Å²) in [5.41, 5.74) is 0.786. The molecule has 0 aromatic rings. The number of rotatable bonds is 3. The van der Waals surface area contributed by atoms with Gasteiger partial charge in [-0.15, -0.1) is 0 Å². The van der Waals surface area contributed by atoms with E-state index < -0.39 is 0 Å². The molecule has 1 aliphatic heterocycles. The van der Waals surface area contributed by atoms with Crippen molar-refractivity contribution in [2.75, 3.05) is 19.8 Å². The van der Waals surface area contributed by atoms with Crippen molar-refractivity contribution < 1.29 is 4.74 Å². The maximum Gasteiger partial charge on any atom is 0.0507 e. The SMILES string of the molecule is C1CCC2(C1)CCC(NCC1CCOC1)CC2. The third-order valence-corrected chi connectivity index (χ3v) is 5.43. The van der Waals surface area contributed by atoms with E-state index in [2.05, 4.69) is 5.32 Å². The lowest BCUT2D eigenvalue weighted by molar-refractivity contribution is 0.161. The van der Waals surface area contributed by atoms with Crippen LogP contribution in [0.4, 0.5) is 0 Å². The smallest absolute Gasteiger partial charge is 0.0507 e. The van der Waals surface area contributed by atoms with Gasteiger partial charge in [0.1, 0.15) is 0 Å². The van der Waals surface area contributed by atoms with Crippen LogP contribution in [0.25, 0.3) is 0 Å². The highest BCUT2D eigenvalue weighted by Crippen LogP contribution is 2.48. The van der Waals surface area contributed by atoms with Crippen LogP contribution in [-0.2, 0) is 4.74 Å².